The van der Waals surface area contributed by atoms with Gasteiger partial charge in [0.15, 0.2) is 11.2 Å². The Balaban J connectivity index is 2.00. The number of hydrogen-bond donors (Lipinski definition) is 0. The van der Waals surface area contributed by atoms with Gasteiger partial charge in [-0.05, 0) is 31.0 Å². The Hall–Kier alpha value is -2.74. The first-order valence-electron chi connectivity index (χ1n) is 9.29. The number of aryl methyl sites for hydroxylation is 2. The third-order valence-electron chi connectivity index (χ3n) is 5.10. The molecule has 1 aliphatic rings. The number of anilines is 2. The molecule has 0 N–H and O–H groups in total. The number of halogens is 1. The number of methoxy groups -OCH3 is 1. The fourth-order valence-corrected chi connectivity index (χ4v) is 3.95. The van der Waals surface area contributed by atoms with Crippen molar-refractivity contribution in [3.63, 3.8) is 0 Å². The summed E-state index contributed by atoms with van der Waals surface area (Å²) in [5, 5.41) is 0.585. The number of ether oxygens (including phenoxy) is 1. The maximum atomic E-state index is 13.1. The second-order valence-corrected chi connectivity index (χ2v) is 7.29. The van der Waals surface area contributed by atoms with Crippen molar-refractivity contribution in [2.24, 2.45) is 7.05 Å². The van der Waals surface area contributed by atoms with Crippen LogP contribution in [-0.2, 0) is 20.1 Å². The molecule has 1 aromatic carbocycles. The summed E-state index contributed by atoms with van der Waals surface area (Å²) >= 11 is 6.22. The molecule has 0 fully saturated rings. The van der Waals surface area contributed by atoms with Crippen LogP contribution < -0.4 is 20.9 Å². The molecule has 0 atom stereocenters. The van der Waals surface area contributed by atoms with E-state index in [0.717, 1.165) is 12.1 Å². The van der Waals surface area contributed by atoms with Gasteiger partial charge in [0.1, 0.15) is 5.75 Å². The molecule has 2 aromatic heterocycles. The number of nitrogens with zero attached hydrogens (tertiary/aromatic N) is 5. The maximum Gasteiger partial charge on any atom is 0.332 e. The lowest BCUT2D eigenvalue weighted by atomic mass is 10.2. The number of aromatic nitrogens is 4. The SMILES string of the molecule is CCCn1c(=O)c2c(nc3n2CCCN3c2cc(Cl)ccc2OC)n(C)c1=O. The molecule has 3 aromatic rings. The lowest BCUT2D eigenvalue weighted by Crippen LogP contribution is -2.39. The molecule has 0 aliphatic carbocycles. The highest BCUT2D eigenvalue weighted by atomic mass is 35.5. The van der Waals surface area contributed by atoms with Crippen molar-refractivity contribution >= 4 is 34.4 Å². The van der Waals surface area contributed by atoms with E-state index < -0.39 is 0 Å². The average molecular weight is 404 g/mol. The monoisotopic (exact) mass is 403 g/mol. The molecule has 0 radical (unpaired) electrons. The standard InChI is InChI=1S/C19H22ClN5O3/c1-4-8-25-17(26)15-16(22(2)19(25)27)21-18-23(9-5-10-24(15)18)13-11-12(20)6-7-14(13)28-3/h6-7,11H,4-5,8-10H2,1-3H3. The molecule has 0 saturated heterocycles. The Morgan fingerprint density at radius 2 is 2.04 bits per heavy atom. The first-order valence-corrected chi connectivity index (χ1v) is 9.66. The number of fused-ring (bicyclic) bond motifs is 3. The predicted octanol–water partition coefficient (Wildman–Crippen LogP) is 2.51. The minimum Gasteiger partial charge on any atom is -0.495 e. The third kappa shape index (κ3) is 2.71. The first-order chi connectivity index (χ1) is 13.5. The fraction of sp³-hybridized carbons (Fsp3) is 0.421. The van der Waals surface area contributed by atoms with Crippen LogP contribution in [0, 0.1) is 0 Å². The molecule has 0 unspecified atom stereocenters. The van der Waals surface area contributed by atoms with E-state index in [2.05, 4.69) is 4.98 Å². The van der Waals surface area contributed by atoms with Crippen LogP contribution in [0.2, 0.25) is 5.02 Å². The van der Waals surface area contributed by atoms with E-state index >= 15 is 0 Å². The molecule has 1 aliphatic heterocycles. The van der Waals surface area contributed by atoms with Gasteiger partial charge in [0.05, 0.1) is 12.8 Å². The summed E-state index contributed by atoms with van der Waals surface area (Å²) in [5.41, 5.74) is 0.993. The molecule has 0 spiro atoms. The molecule has 0 bridgehead atoms. The van der Waals surface area contributed by atoms with E-state index in [1.807, 2.05) is 28.5 Å². The van der Waals surface area contributed by atoms with Gasteiger partial charge in [0, 0.05) is 31.7 Å². The molecular formula is C19H22ClN5O3. The summed E-state index contributed by atoms with van der Waals surface area (Å²) < 4.78 is 10.1. The van der Waals surface area contributed by atoms with Crippen LogP contribution in [0.1, 0.15) is 19.8 Å². The van der Waals surface area contributed by atoms with E-state index in [1.54, 1.807) is 20.2 Å². The Labute approximate surface area is 166 Å². The zero-order valence-corrected chi connectivity index (χ0v) is 16.9. The minimum atomic E-state index is -0.346. The Morgan fingerprint density at radius 1 is 1.25 bits per heavy atom. The molecule has 0 saturated carbocycles. The Morgan fingerprint density at radius 3 is 2.75 bits per heavy atom. The number of rotatable bonds is 4. The van der Waals surface area contributed by atoms with Crippen LogP contribution >= 0.6 is 11.6 Å². The normalized spacial score (nSPS) is 13.8. The van der Waals surface area contributed by atoms with Gasteiger partial charge in [0.25, 0.3) is 5.56 Å². The molecule has 8 nitrogen and oxygen atoms in total. The number of hydrogen-bond acceptors (Lipinski definition) is 5. The van der Waals surface area contributed by atoms with Crippen molar-refractivity contribution in [2.45, 2.75) is 32.9 Å². The van der Waals surface area contributed by atoms with Crippen molar-refractivity contribution in [2.75, 3.05) is 18.6 Å². The van der Waals surface area contributed by atoms with Crippen molar-refractivity contribution in [3.8, 4) is 5.75 Å². The molecular weight excluding hydrogens is 382 g/mol. The first kappa shape index (κ1) is 18.6. The van der Waals surface area contributed by atoms with Crippen LogP contribution in [0.4, 0.5) is 11.6 Å². The minimum absolute atomic E-state index is 0.293. The predicted molar refractivity (Wildman–Crippen MR) is 109 cm³/mol. The van der Waals surface area contributed by atoms with Crippen LogP contribution in [0.25, 0.3) is 11.2 Å². The maximum absolute atomic E-state index is 13.1. The topological polar surface area (TPSA) is 74.3 Å². The fourth-order valence-electron chi connectivity index (χ4n) is 3.79. The van der Waals surface area contributed by atoms with Gasteiger partial charge in [-0.15, -0.1) is 0 Å². The van der Waals surface area contributed by atoms with Crippen molar-refractivity contribution in [1.82, 2.24) is 18.7 Å². The number of imidazole rings is 1. The van der Waals surface area contributed by atoms with Gasteiger partial charge >= 0.3 is 5.69 Å². The van der Waals surface area contributed by atoms with Gasteiger partial charge < -0.3 is 14.2 Å². The lowest BCUT2D eigenvalue weighted by molar-refractivity contribution is 0.414. The van der Waals surface area contributed by atoms with E-state index in [9.17, 15) is 9.59 Å². The van der Waals surface area contributed by atoms with E-state index in [4.69, 9.17) is 16.3 Å². The highest BCUT2D eigenvalue weighted by molar-refractivity contribution is 6.31. The zero-order valence-electron chi connectivity index (χ0n) is 16.1. The van der Waals surface area contributed by atoms with Gasteiger partial charge in [-0.1, -0.05) is 18.5 Å². The highest BCUT2D eigenvalue weighted by Crippen LogP contribution is 2.38. The molecule has 148 valence electrons. The third-order valence-corrected chi connectivity index (χ3v) is 5.33. The molecule has 0 amide bonds. The lowest BCUT2D eigenvalue weighted by Gasteiger charge is -2.30. The van der Waals surface area contributed by atoms with Crippen molar-refractivity contribution in [1.29, 1.82) is 0 Å². The largest absolute Gasteiger partial charge is 0.495 e. The zero-order chi connectivity index (χ0) is 20.0. The van der Waals surface area contributed by atoms with Crippen LogP contribution in [0.3, 0.4) is 0 Å². The van der Waals surface area contributed by atoms with E-state index in [-0.39, 0.29) is 11.2 Å². The summed E-state index contributed by atoms with van der Waals surface area (Å²) in [5.74, 6) is 1.28. The quantitative estimate of drug-likeness (QED) is 0.669. The summed E-state index contributed by atoms with van der Waals surface area (Å²) in [6.07, 6.45) is 1.53. The second kappa shape index (κ2) is 7.01. The Bertz CT molecular complexity index is 1180. The van der Waals surface area contributed by atoms with E-state index in [0.29, 0.717) is 53.9 Å². The average Bonchev–Trinajstić information content (AvgIpc) is 3.09. The summed E-state index contributed by atoms with van der Waals surface area (Å²) in [7, 11) is 3.26. The smallest absolute Gasteiger partial charge is 0.332 e. The number of benzene rings is 1. The Kier molecular flexibility index (Phi) is 4.66. The van der Waals surface area contributed by atoms with Crippen LogP contribution in [0.15, 0.2) is 27.8 Å². The summed E-state index contributed by atoms with van der Waals surface area (Å²) in [6.45, 7) is 3.69. The van der Waals surface area contributed by atoms with Gasteiger partial charge in [-0.3, -0.25) is 13.9 Å². The van der Waals surface area contributed by atoms with Gasteiger partial charge in [0.2, 0.25) is 5.95 Å². The molecule has 3 heterocycles. The molecule has 28 heavy (non-hydrogen) atoms. The van der Waals surface area contributed by atoms with Crippen molar-refractivity contribution in [3.05, 3.63) is 44.1 Å². The van der Waals surface area contributed by atoms with E-state index in [1.165, 1.54) is 9.13 Å². The highest BCUT2D eigenvalue weighted by Gasteiger charge is 2.28. The van der Waals surface area contributed by atoms with Crippen LogP contribution in [0.5, 0.6) is 5.75 Å². The molecule has 4 rings (SSSR count). The summed E-state index contributed by atoms with van der Waals surface area (Å²) in [4.78, 5) is 32.4. The van der Waals surface area contributed by atoms with Gasteiger partial charge in [-0.2, -0.15) is 4.98 Å². The second-order valence-electron chi connectivity index (χ2n) is 6.86. The van der Waals surface area contributed by atoms with Crippen LogP contribution in [-0.4, -0.2) is 32.3 Å². The van der Waals surface area contributed by atoms with Crippen molar-refractivity contribution < 1.29 is 4.74 Å². The van der Waals surface area contributed by atoms with Gasteiger partial charge in [-0.25, -0.2) is 4.79 Å². The summed E-state index contributed by atoms with van der Waals surface area (Å²) in [6, 6.07) is 5.40. The molecule has 9 heteroatoms.